The van der Waals surface area contributed by atoms with Crippen LogP contribution in [0.3, 0.4) is 0 Å². The maximum absolute atomic E-state index is 14.0. The second-order valence-electron chi connectivity index (χ2n) is 10.4. The van der Waals surface area contributed by atoms with Crippen LogP contribution in [-0.2, 0) is 17.8 Å². The van der Waals surface area contributed by atoms with E-state index < -0.39 is 8.07 Å². The summed E-state index contributed by atoms with van der Waals surface area (Å²) in [5, 5.41) is 1.18. The lowest BCUT2D eigenvalue weighted by molar-refractivity contribution is -0.132. The Kier molecular flexibility index (Phi) is 4.01. The molecule has 1 amide bonds. The smallest absolute Gasteiger partial charge is 0.246 e. The van der Waals surface area contributed by atoms with Crippen LogP contribution in [0.4, 0.5) is 0 Å². The molecule has 0 N–H and O–H groups in total. The van der Waals surface area contributed by atoms with E-state index in [0.29, 0.717) is 18.4 Å². The summed E-state index contributed by atoms with van der Waals surface area (Å²) in [7, 11) is -1.80. The van der Waals surface area contributed by atoms with Crippen molar-refractivity contribution in [3.8, 4) is 11.5 Å². The number of benzene rings is 2. The Hall–Kier alpha value is -2.53. The lowest BCUT2D eigenvalue weighted by Gasteiger charge is -2.53. The van der Waals surface area contributed by atoms with E-state index in [1.54, 1.807) is 0 Å². The molecule has 1 saturated carbocycles. The summed E-state index contributed by atoms with van der Waals surface area (Å²) in [5.74, 6) is 2.26. The molecule has 1 aliphatic carbocycles. The van der Waals surface area contributed by atoms with Crippen molar-refractivity contribution in [3.63, 3.8) is 0 Å². The average molecular weight is 432 g/mol. The largest absolute Gasteiger partial charge is 0.454 e. The zero-order valence-corrected chi connectivity index (χ0v) is 19.5. The average Bonchev–Trinajstić information content (AvgIpc) is 3.28. The van der Waals surface area contributed by atoms with E-state index in [9.17, 15) is 4.79 Å². The van der Waals surface area contributed by atoms with Gasteiger partial charge in [-0.2, -0.15) is 0 Å². The summed E-state index contributed by atoms with van der Waals surface area (Å²) in [6.07, 6.45) is 4.18. The van der Waals surface area contributed by atoms with Crippen molar-refractivity contribution in [2.45, 2.75) is 63.3 Å². The first kappa shape index (κ1) is 19.2. The van der Waals surface area contributed by atoms with Crippen molar-refractivity contribution in [1.29, 1.82) is 0 Å². The fraction of sp³-hybridized carbons (Fsp3) is 0.423. The summed E-state index contributed by atoms with van der Waals surface area (Å²) < 4.78 is 11.4. The Bertz CT molecular complexity index is 1120. The Balaban J connectivity index is 1.60. The maximum Gasteiger partial charge on any atom is 0.246 e. The minimum Gasteiger partial charge on any atom is -0.454 e. The normalized spacial score (nSPS) is 26.2. The van der Waals surface area contributed by atoms with Crippen LogP contribution >= 0.6 is 0 Å². The topological polar surface area (TPSA) is 38.8 Å². The summed E-state index contributed by atoms with van der Waals surface area (Å²) >= 11 is 0. The van der Waals surface area contributed by atoms with Crippen molar-refractivity contribution in [3.05, 3.63) is 69.9 Å². The summed E-state index contributed by atoms with van der Waals surface area (Å²) in [4.78, 5) is 16.3. The molecule has 3 aliphatic heterocycles. The van der Waals surface area contributed by atoms with Crippen LogP contribution in [0.25, 0.3) is 0 Å². The van der Waals surface area contributed by atoms with Gasteiger partial charge in [0.15, 0.2) is 11.5 Å². The van der Waals surface area contributed by atoms with Crippen LogP contribution in [0.1, 0.15) is 41.9 Å². The fourth-order valence-electron chi connectivity index (χ4n) is 6.55. The quantitative estimate of drug-likeness (QED) is 0.628. The molecule has 0 spiro atoms. The lowest BCUT2D eigenvalue weighted by Crippen LogP contribution is -2.57. The van der Waals surface area contributed by atoms with Gasteiger partial charge in [0, 0.05) is 24.1 Å². The molecule has 3 heterocycles. The molecular formula is C26H29NO3Si. The Morgan fingerprint density at radius 3 is 2.58 bits per heavy atom. The van der Waals surface area contributed by atoms with Crippen LogP contribution in [0.5, 0.6) is 11.5 Å². The third-order valence-corrected chi connectivity index (χ3v) is 9.68. The zero-order chi connectivity index (χ0) is 21.4. The highest BCUT2D eigenvalue weighted by Crippen LogP contribution is 2.59. The SMILES string of the molecule is C[Si](C)(C)C1=C2CCCC3c4cc5c(cc4CN(C1=O)C23Cc1ccccc1)OCO5. The predicted octanol–water partition coefficient (Wildman–Crippen LogP) is 5.19. The molecule has 160 valence electrons. The molecule has 2 aromatic rings. The van der Waals surface area contributed by atoms with E-state index in [-0.39, 0.29) is 12.3 Å². The van der Waals surface area contributed by atoms with Crippen molar-refractivity contribution in [2.24, 2.45) is 0 Å². The van der Waals surface area contributed by atoms with Crippen LogP contribution in [0.15, 0.2) is 53.2 Å². The van der Waals surface area contributed by atoms with Gasteiger partial charge in [-0.15, -0.1) is 0 Å². The maximum atomic E-state index is 14.0. The number of nitrogens with zero attached hydrogens (tertiary/aromatic N) is 1. The standard InChI is InChI=1S/C26H29NO3Si/c1-31(2,3)24-21-11-7-10-20-19-13-23-22(29-16-30-23)12-18(19)15-27(25(24)28)26(20,21)14-17-8-5-4-6-9-17/h4-6,8-9,12-13,20H,7,10-11,14-16H2,1-3H3. The molecule has 4 nitrogen and oxygen atoms in total. The van der Waals surface area contributed by atoms with Gasteiger partial charge in [0.1, 0.15) is 0 Å². The Labute approximate surface area is 184 Å². The van der Waals surface area contributed by atoms with E-state index in [1.807, 2.05) is 0 Å². The van der Waals surface area contributed by atoms with Crippen LogP contribution < -0.4 is 9.47 Å². The van der Waals surface area contributed by atoms with Gasteiger partial charge in [0.05, 0.1) is 13.6 Å². The minimum atomic E-state index is -1.80. The minimum absolute atomic E-state index is 0.243. The molecule has 0 saturated heterocycles. The first-order valence-electron chi connectivity index (χ1n) is 11.4. The van der Waals surface area contributed by atoms with Gasteiger partial charge in [-0.3, -0.25) is 4.79 Å². The molecular weight excluding hydrogens is 402 g/mol. The molecule has 1 fully saturated rings. The highest BCUT2D eigenvalue weighted by atomic mass is 28.3. The van der Waals surface area contributed by atoms with Crippen molar-refractivity contribution < 1.29 is 14.3 Å². The van der Waals surface area contributed by atoms with Crippen molar-refractivity contribution in [1.82, 2.24) is 4.90 Å². The second-order valence-corrected chi connectivity index (χ2v) is 15.4. The summed E-state index contributed by atoms with van der Waals surface area (Å²) in [5.41, 5.74) is 5.10. The van der Waals surface area contributed by atoms with Gasteiger partial charge in [-0.1, -0.05) is 50.0 Å². The summed E-state index contributed by atoms with van der Waals surface area (Å²) in [6.45, 7) is 7.93. The number of amides is 1. The Morgan fingerprint density at radius 1 is 1.10 bits per heavy atom. The molecule has 31 heavy (non-hydrogen) atoms. The third-order valence-electron chi connectivity index (χ3n) is 7.67. The number of carbonyl (C=O) groups is 1. The van der Waals surface area contributed by atoms with E-state index in [4.69, 9.17) is 9.47 Å². The first-order valence-corrected chi connectivity index (χ1v) is 14.9. The molecule has 2 unspecified atom stereocenters. The third kappa shape index (κ3) is 2.62. The highest BCUT2D eigenvalue weighted by Gasteiger charge is 2.60. The molecule has 0 bridgehead atoms. The van der Waals surface area contributed by atoms with Gasteiger partial charge in [-0.05, 0) is 53.7 Å². The second kappa shape index (κ2) is 6.49. The first-order chi connectivity index (χ1) is 14.9. The van der Waals surface area contributed by atoms with E-state index in [2.05, 4.69) is 67.0 Å². The van der Waals surface area contributed by atoms with E-state index in [0.717, 1.165) is 37.2 Å². The van der Waals surface area contributed by atoms with E-state index >= 15 is 0 Å². The molecule has 2 aromatic carbocycles. The number of rotatable bonds is 3. The number of hydrogen-bond acceptors (Lipinski definition) is 3. The van der Waals surface area contributed by atoms with Crippen molar-refractivity contribution in [2.75, 3.05) is 6.79 Å². The number of fused-ring (bicyclic) bond motifs is 3. The van der Waals surface area contributed by atoms with Crippen LogP contribution in [0, 0.1) is 0 Å². The number of carbonyl (C=O) groups excluding carboxylic acids is 1. The van der Waals surface area contributed by atoms with Crippen LogP contribution in [0.2, 0.25) is 19.6 Å². The molecule has 2 atom stereocenters. The van der Waals surface area contributed by atoms with Gasteiger partial charge in [0.2, 0.25) is 12.7 Å². The van der Waals surface area contributed by atoms with Crippen molar-refractivity contribution >= 4 is 14.0 Å². The van der Waals surface area contributed by atoms with Gasteiger partial charge in [0.25, 0.3) is 0 Å². The zero-order valence-electron chi connectivity index (χ0n) is 18.5. The molecule has 0 aromatic heterocycles. The highest BCUT2D eigenvalue weighted by molar-refractivity contribution is 6.87. The Morgan fingerprint density at radius 2 is 1.84 bits per heavy atom. The van der Waals surface area contributed by atoms with Crippen LogP contribution in [-0.4, -0.2) is 31.2 Å². The van der Waals surface area contributed by atoms with E-state index in [1.165, 1.54) is 27.5 Å². The molecule has 6 rings (SSSR count). The fourth-order valence-corrected chi connectivity index (χ4v) is 8.57. The lowest BCUT2D eigenvalue weighted by atomic mass is 9.62. The number of ether oxygens (including phenoxy) is 2. The summed E-state index contributed by atoms with van der Waals surface area (Å²) in [6, 6.07) is 15.1. The number of hydrogen-bond donors (Lipinski definition) is 0. The predicted molar refractivity (Wildman–Crippen MR) is 123 cm³/mol. The molecule has 4 aliphatic rings. The monoisotopic (exact) mass is 431 g/mol. The van der Waals surface area contributed by atoms with Gasteiger partial charge in [-0.25, -0.2) is 0 Å². The molecule has 0 radical (unpaired) electrons. The van der Waals surface area contributed by atoms with Gasteiger partial charge >= 0.3 is 0 Å². The molecule has 5 heteroatoms. The van der Waals surface area contributed by atoms with Gasteiger partial charge < -0.3 is 14.4 Å².